The summed E-state index contributed by atoms with van der Waals surface area (Å²) in [5, 5.41) is 0. The summed E-state index contributed by atoms with van der Waals surface area (Å²) in [6, 6.07) is 0. The highest BCUT2D eigenvalue weighted by molar-refractivity contribution is 4.78. The average molecular weight is 292 g/mol. The average Bonchev–Trinajstić information content (AvgIpc) is 2.46. The SMILES string of the molecule is CCC(COC)(COCC(C)OC)COCC(C)OC. The molecule has 0 radical (unpaired) electrons. The maximum atomic E-state index is 5.76. The quantitative estimate of drug-likeness (QED) is 0.520. The lowest BCUT2D eigenvalue weighted by Gasteiger charge is -2.32. The van der Waals surface area contributed by atoms with E-state index in [0.717, 1.165) is 6.42 Å². The maximum absolute atomic E-state index is 5.76. The van der Waals surface area contributed by atoms with Crippen LogP contribution >= 0.6 is 0 Å². The Bertz CT molecular complexity index is 206. The third-order valence-corrected chi connectivity index (χ3v) is 3.53. The van der Waals surface area contributed by atoms with E-state index in [1.165, 1.54) is 0 Å². The van der Waals surface area contributed by atoms with Crippen LogP contribution in [0.2, 0.25) is 0 Å². The molecule has 5 heteroatoms. The van der Waals surface area contributed by atoms with Crippen molar-refractivity contribution in [1.82, 2.24) is 0 Å². The molecule has 0 aromatic rings. The van der Waals surface area contributed by atoms with Crippen LogP contribution in [0, 0.1) is 5.41 Å². The summed E-state index contributed by atoms with van der Waals surface area (Å²) in [4.78, 5) is 0. The van der Waals surface area contributed by atoms with Gasteiger partial charge in [0.1, 0.15) is 0 Å². The smallest absolute Gasteiger partial charge is 0.0776 e. The number of methoxy groups -OCH3 is 3. The van der Waals surface area contributed by atoms with Gasteiger partial charge in [-0.15, -0.1) is 0 Å². The summed E-state index contributed by atoms with van der Waals surface area (Å²) in [5.74, 6) is 0. The predicted molar refractivity (Wildman–Crippen MR) is 79.2 cm³/mol. The molecule has 0 N–H and O–H groups in total. The van der Waals surface area contributed by atoms with Gasteiger partial charge in [0, 0.05) is 26.7 Å². The Morgan fingerprint density at radius 2 is 1.25 bits per heavy atom. The van der Waals surface area contributed by atoms with Crippen molar-refractivity contribution in [3.05, 3.63) is 0 Å². The predicted octanol–water partition coefficient (Wildman–Crippen LogP) is 2.13. The summed E-state index contributed by atoms with van der Waals surface area (Å²) in [7, 11) is 5.08. The van der Waals surface area contributed by atoms with Gasteiger partial charge in [-0.05, 0) is 20.3 Å². The minimum absolute atomic E-state index is 0.0986. The lowest BCUT2D eigenvalue weighted by molar-refractivity contribution is -0.0889. The van der Waals surface area contributed by atoms with E-state index < -0.39 is 0 Å². The first-order chi connectivity index (χ1) is 9.53. The minimum Gasteiger partial charge on any atom is -0.384 e. The molecule has 0 rings (SSSR count). The summed E-state index contributed by atoms with van der Waals surface area (Å²) < 4.78 is 27.2. The number of rotatable bonds is 13. The van der Waals surface area contributed by atoms with Crippen LogP contribution in [0.5, 0.6) is 0 Å². The number of ether oxygens (including phenoxy) is 5. The van der Waals surface area contributed by atoms with Crippen LogP contribution in [-0.4, -0.2) is 66.6 Å². The first kappa shape index (κ1) is 19.8. The Morgan fingerprint density at radius 1 is 0.800 bits per heavy atom. The molecule has 2 unspecified atom stereocenters. The van der Waals surface area contributed by atoms with Gasteiger partial charge in [0.2, 0.25) is 0 Å². The van der Waals surface area contributed by atoms with Gasteiger partial charge in [0.15, 0.2) is 0 Å². The van der Waals surface area contributed by atoms with E-state index >= 15 is 0 Å². The van der Waals surface area contributed by atoms with E-state index in [1.54, 1.807) is 21.3 Å². The summed E-state index contributed by atoms with van der Waals surface area (Å²) in [6.07, 6.45) is 1.13. The third-order valence-electron chi connectivity index (χ3n) is 3.53. The number of hydrogen-bond donors (Lipinski definition) is 0. The van der Waals surface area contributed by atoms with Gasteiger partial charge in [0.25, 0.3) is 0 Å². The molecule has 0 aliphatic rings. The van der Waals surface area contributed by atoms with Crippen LogP contribution in [0.3, 0.4) is 0 Å². The van der Waals surface area contributed by atoms with Crippen LogP contribution in [0.25, 0.3) is 0 Å². The van der Waals surface area contributed by atoms with Crippen molar-refractivity contribution in [3.63, 3.8) is 0 Å². The van der Waals surface area contributed by atoms with Crippen molar-refractivity contribution in [2.45, 2.75) is 39.4 Å². The third kappa shape index (κ3) is 8.17. The van der Waals surface area contributed by atoms with E-state index in [4.69, 9.17) is 23.7 Å². The minimum atomic E-state index is -0.115. The lowest BCUT2D eigenvalue weighted by atomic mass is 9.88. The van der Waals surface area contributed by atoms with Crippen molar-refractivity contribution in [2.75, 3.05) is 54.4 Å². The van der Waals surface area contributed by atoms with Gasteiger partial charge in [-0.3, -0.25) is 0 Å². The molecule has 5 nitrogen and oxygen atoms in total. The van der Waals surface area contributed by atoms with E-state index in [2.05, 4.69) is 6.92 Å². The zero-order valence-corrected chi connectivity index (χ0v) is 13.9. The molecule has 122 valence electrons. The van der Waals surface area contributed by atoms with Crippen molar-refractivity contribution in [2.24, 2.45) is 5.41 Å². The van der Waals surface area contributed by atoms with E-state index in [0.29, 0.717) is 33.0 Å². The monoisotopic (exact) mass is 292 g/mol. The molecular formula is C15H32O5. The molecule has 0 aliphatic carbocycles. The van der Waals surface area contributed by atoms with Crippen LogP contribution in [-0.2, 0) is 23.7 Å². The van der Waals surface area contributed by atoms with Gasteiger partial charge in [0.05, 0.1) is 45.2 Å². The van der Waals surface area contributed by atoms with Crippen LogP contribution in [0.1, 0.15) is 27.2 Å². The molecule has 20 heavy (non-hydrogen) atoms. The molecule has 0 aromatic heterocycles. The second kappa shape index (κ2) is 11.5. The van der Waals surface area contributed by atoms with Gasteiger partial charge >= 0.3 is 0 Å². The second-order valence-electron chi connectivity index (χ2n) is 5.41. The Balaban J connectivity index is 4.26. The molecule has 0 saturated carbocycles. The van der Waals surface area contributed by atoms with E-state index in [1.807, 2.05) is 13.8 Å². The van der Waals surface area contributed by atoms with Gasteiger partial charge in [-0.25, -0.2) is 0 Å². The highest BCUT2D eigenvalue weighted by Gasteiger charge is 2.29. The maximum Gasteiger partial charge on any atom is 0.0776 e. The van der Waals surface area contributed by atoms with Crippen LogP contribution in [0.15, 0.2) is 0 Å². The fraction of sp³-hybridized carbons (Fsp3) is 1.00. The Hall–Kier alpha value is -0.200. The molecule has 0 fully saturated rings. The zero-order valence-electron chi connectivity index (χ0n) is 13.9. The first-order valence-corrected chi connectivity index (χ1v) is 7.23. The fourth-order valence-electron chi connectivity index (χ4n) is 1.76. The Kier molecular flexibility index (Phi) is 11.3. The van der Waals surface area contributed by atoms with Crippen molar-refractivity contribution >= 4 is 0 Å². The van der Waals surface area contributed by atoms with Crippen molar-refractivity contribution < 1.29 is 23.7 Å². The van der Waals surface area contributed by atoms with Gasteiger partial charge < -0.3 is 23.7 Å². The first-order valence-electron chi connectivity index (χ1n) is 7.23. The molecule has 0 saturated heterocycles. The summed E-state index contributed by atoms with van der Waals surface area (Å²) >= 11 is 0. The topological polar surface area (TPSA) is 46.2 Å². The van der Waals surface area contributed by atoms with E-state index in [-0.39, 0.29) is 17.6 Å². The fourth-order valence-corrected chi connectivity index (χ4v) is 1.76. The molecule has 0 amide bonds. The zero-order chi connectivity index (χ0) is 15.4. The highest BCUT2D eigenvalue weighted by atomic mass is 16.5. The van der Waals surface area contributed by atoms with E-state index in [9.17, 15) is 0 Å². The molecule has 0 heterocycles. The molecule has 0 spiro atoms. The molecular weight excluding hydrogens is 260 g/mol. The highest BCUT2D eigenvalue weighted by Crippen LogP contribution is 2.24. The Labute approximate surface area is 123 Å². The van der Waals surface area contributed by atoms with Gasteiger partial charge in [-0.2, -0.15) is 0 Å². The standard InChI is InChI=1S/C15H32O5/c1-7-15(10-16-4,11-19-8-13(2)17-5)12-20-9-14(3)18-6/h13-14H,7-12H2,1-6H3. The van der Waals surface area contributed by atoms with Crippen molar-refractivity contribution in [3.8, 4) is 0 Å². The summed E-state index contributed by atoms with van der Waals surface area (Å²) in [6.45, 7) is 9.09. The Morgan fingerprint density at radius 3 is 1.55 bits per heavy atom. The molecule has 0 aromatic carbocycles. The lowest BCUT2D eigenvalue weighted by Crippen LogP contribution is -2.38. The second-order valence-corrected chi connectivity index (χ2v) is 5.41. The largest absolute Gasteiger partial charge is 0.384 e. The normalized spacial score (nSPS) is 17.7. The van der Waals surface area contributed by atoms with Crippen LogP contribution < -0.4 is 0 Å². The molecule has 0 bridgehead atoms. The summed E-state index contributed by atoms with van der Waals surface area (Å²) in [5.41, 5.74) is -0.115. The molecule has 2 atom stereocenters. The molecule has 0 aliphatic heterocycles. The van der Waals surface area contributed by atoms with Gasteiger partial charge in [-0.1, -0.05) is 6.92 Å². The van der Waals surface area contributed by atoms with Crippen molar-refractivity contribution in [1.29, 1.82) is 0 Å². The number of hydrogen-bond acceptors (Lipinski definition) is 5. The van der Waals surface area contributed by atoms with Crippen LogP contribution in [0.4, 0.5) is 0 Å².